The average molecular weight is 210 g/mol. The molecule has 0 aromatic heterocycles. The Hall–Kier alpha value is 0.367. The van der Waals surface area contributed by atoms with Crippen molar-refractivity contribution in [2.45, 2.75) is 25.4 Å². The SMILES string of the molecule is O=S(=O)(O)CC(F)CCCCF.[H-].[Li+]. The molecule has 1 N–H and O–H groups in total. The molecular weight excluding hydrogens is 197 g/mol. The van der Waals surface area contributed by atoms with Gasteiger partial charge >= 0.3 is 18.9 Å². The maximum atomic E-state index is 12.6. The van der Waals surface area contributed by atoms with Gasteiger partial charge in [0.1, 0.15) is 11.9 Å². The molecule has 1 unspecified atom stereocenters. The summed E-state index contributed by atoms with van der Waals surface area (Å²) in [6.45, 7) is -0.529. The molecule has 0 bridgehead atoms. The van der Waals surface area contributed by atoms with E-state index in [0.717, 1.165) is 0 Å². The molecule has 0 spiro atoms. The van der Waals surface area contributed by atoms with Crippen LogP contribution in [-0.2, 0) is 10.1 Å². The molecule has 0 aliphatic rings. The molecule has 0 aromatic carbocycles. The summed E-state index contributed by atoms with van der Waals surface area (Å²) in [6, 6.07) is 0. The number of rotatable bonds is 6. The molecule has 3 nitrogen and oxygen atoms in total. The number of halogens is 2. The minimum atomic E-state index is -4.23. The Morgan fingerprint density at radius 1 is 1.38 bits per heavy atom. The zero-order chi connectivity index (χ0) is 9.61. The first-order valence-corrected chi connectivity index (χ1v) is 5.22. The van der Waals surface area contributed by atoms with E-state index >= 15 is 0 Å². The van der Waals surface area contributed by atoms with Crippen LogP contribution in [0.4, 0.5) is 8.78 Å². The Morgan fingerprint density at radius 3 is 2.31 bits per heavy atom. The average Bonchev–Trinajstić information content (AvgIpc) is 1.84. The van der Waals surface area contributed by atoms with Crippen molar-refractivity contribution in [3.05, 3.63) is 0 Å². The second kappa shape index (κ2) is 7.74. The quantitative estimate of drug-likeness (QED) is 0.329. The first kappa shape index (κ1) is 15.8. The normalized spacial score (nSPS) is 13.5. The van der Waals surface area contributed by atoms with Crippen molar-refractivity contribution in [3.8, 4) is 0 Å². The molecule has 0 amide bonds. The van der Waals surface area contributed by atoms with E-state index < -0.39 is 28.7 Å². The second-order valence-corrected chi connectivity index (χ2v) is 4.03. The minimum Gasteiger partial charge on any atom is -1.00 e. The summed E-state index contributed by atoms with van der Waals surface area (Å²) in [6.07, 6.45) is -1.09. The molecule has 76 valence electrons. The molecule has 13 heavy (non-hydrogen) atoms. The van der Waals surface area contributed by atoms with Crippen LogP contribution in [0.2, 0.25) is 0 Å². The van der Waals surface area contributed by atoms with Gasteiger partial charge in [0.2, 0.25) is 0 Å². The number of hydrogen-bond acceptors (Lipinski definition) is 2. The van der Waals surface area contributed by atoms with Crippen molar-refractivity contribution >= 4 is 10.1 Å². The van der Waals surface area contributed by atoms with Gasteiger partial charge in [0.25, 0.3) is 10.1 Å². The molecule has 0 radical (unpaired) electrons. The molecule has 0 rings (SSSR count). The molecule has 0 aliphatic carbocycles. The maximum absolute atomic E-state index is 12.6. The fourth-order valence-electron chi connectivity index (χ4n) is 0.772. The van der Waals surface area contributed by atoms with Crippen molar-refractivity contribution in [1.29, 1.82) is 0 Å². The van der Waals surface area contributed by atoms with E-state index in [1.165, 1.54) is 0 Å². The van der Waals surface area contributed by atoms with E-state index in [9.17, 15) is 17.2 Å². The predicted molar refractivity (Wildman–Crippen MR) is 42.2 cm³/mol. The van der Waals surface area contributed by atoms with Crippen LogP contribution in [0.15, 0.2) is 0 Å². The van der Waals surface area contributed by atoms with Crippen LogP contribution < -0.4 is 18.9 Å². The van der Waals surface area contributed by atoms with Crippen LogP contribution in [0.1, 0.15) is 20.7 Å². The van der Waals surface area contributed by atoms with E-state index in [4.69, 9.17) is 4.55 Å². The standard InChI is InChI=1S/C6H12F2O3S.Li.H/c7-4-2-1-3-6(8)5-12(9,10)11;;/h6H,1-5H2,(H,9,10,11);;/q;+1;-1. The van der Waals surface area contributed by atoms with E-state index in [2.05, 4.69) is 0 Å². The van der Waals surface area contributed by atoms with Gasteiger partial charge in [-0.2, -0.15) is 8.42 Å². The van der Waals surface area contributed by atoms with Crippen molar-refractivity contribution in [1.82, 2.24) is 0 Å². The number of alkyl halides is 2. The van der Waals surface area contributed by atoms with E-state index in [0.29, 0.717) is 6.42 Å². The fraction of sp³-hybridized carbons (Fsp3) is 1.00. The third-order valence-electron chi connectivity index (χ3n) is 1.29. The summed E-state index contributed by atoms with van der Waals surface area (Å²) in [7, 11) is -4.23. The summed E-state index contributed by atoms with van der Waals surface area (Å²) in [5.74, 6) is -0.890. The Morgan fingerprint density at radius 2 is 1.92 bits per heavy atom. The Balaban J connectivity index is -0.000000605. The Bertz CT molecular complexity index is 213. The van der Waals surface area contributed by atoms with Gasteiger partial charge in [-0.25, -0.2) is 4.39 Å². The van der Waals surface area contributed by atoms with Crippen LogP contribution in [-0.4, -0.2) is 31.6 Å². The summed E-state index contributed by atoms with van der Waals surface area (Å²) < 4.78 is 52.5. The fourth-order valence-corrected chi connectivity index (χ4v) is 1.40. The van der Waals surface area contributed by atoms with Gasteiger partial charge in [-0.05, 0) is 19.3 Å². The summed E-state index contributed by atoms with van der Waals surface area (Å²) in [4.78, 5) is 0. The van der Waals surface area contributed by atoms with Gasteiger partial charge in [0.15, 0.2) is 0 Å². The van der Waals surface area contributed by atoms with Crippen molar-refractivity contribution in [2.75, 3.05) is 12.4 Å². The molecule has 0 aromatic rings. The summed E-state index contributed by atoms with van der Waals surface area (Å²) >= 11 is 0. The largest absolute Gasteiger partial charge is 1.00 e. The molecule has 0 saturated heterocycles. The monoisotopic (exact) mass is 210 g/mol. The summed E-state index contributed by atoms with van der Waals surface area (Å²) in [5.41, 5.74) is 0. The zero-order valence-corrected chi connectivity index (χ0v) is 8.36. The Kier molecular flexibility index (Phi) is 9.42. The molecule has 7 heteroatoms. The molecule has 0 aliphatic heterocycles. The Labute approximate surface area is 90.3 Å². The van der Waals surface area contributed by atoms with E-state index in [1.807, 2.05) is 0 Å². The second-order valence-electron chi connectivity index (χ2n) is 2.53. The third-order valence-corrected chi connectivity index (χ3v) is 2.08. The number of hydrogen-bond donors (Lipinski definition) is 1. The van der Waals surface area contributed by atoms with Crippen LogP contribution in [0.3, 0.4) is 0 Å². The molecule has 0 heterocycles. The van der Waals surface area contributed by atoms with Crippen LogP contribution in [0, 0.1) is 0 Å². The van der Waals surface area contributed by atoms with Crippen molar-refractivity contribution in [2.24, 2.45) is 0 Å². The van der Waals surface area contributed by atoms with Gasteiger partial charge in [-0.15, -0.1) is 0 Å². The first-order valence-electron chi connectivity index (χ1n) is 3.61. The topological polar surface area (TPSA) is 54.4 Å². The first-order chi connectivity index (χ1) is 5.45. The van der Waals surface area contributed by atoms with Crippen molar-refractivity contribution < 1.29 is 42.0 Å². The van der Waals surface area contributed by atoms with Crippen LogP contribution in [0.5, 0.6) is 0 Å². The van der Waals surface area contributed by atoms with Crippen LogP contribution in [0.25, 0.3) is 0 Å². The van der Waals surface area contributed by atoms with E-state index in [1.54, 1.807) is 0 Å². The summed E-state index contributed by atoms with van der Waals surface area (Å²) in [5, 5.41) is 0. The minimum absolute atomic E-state index is 0. The van der Waals surface area contributed by atoms with Crippen LogP contribution >= 0.6 is 0 Å². The smallest absolute Gasteiger partial charge is 1.00 e. The van der Waals surface area contributed by atoms with Crippen molar-refractivity contribution in [3.63, 3.8) is 0 Å². The van der Waals surface area contributed by atoms with Gasteiger partial charge in [-0.1, -0.05) is 0 Å². The van der Waals surface area contributed by atoms with Gasteiger partial charge in [0, 0.05) is 0 Å². The molecule has 1 atom stereocenters. The van der Waals surface area contributed by atoms with E-state index in [-0.39, 0.29) is 33.1 Å². The zero-order valence-electron chi connectivity index (χ0n) is 8.54. The van der Waals surface area contributed by atoms with Gasteiger partial charge in [0.05, 0.1) is 6.67 Å². The van der Waals surface area contributed by atoms with Gasteiger partial charge in [-0.3, -0.25) is 8.94 Å². The number of unbranched alkanes of at least 4 members (excludes halogenated alkanes) is 1. The third kappa shape index (κ3) is 12.4. The molecule has 0 fully saturated rings. The molecule has 0 saturated carbocycles. The maximum Gasteiger partial charge on any atom is 1.00 e. The molecular formula is C6H13F2LiO3S. The van der Waals surface area contributed by atoms with Gasteiger partial charge < -0.3 is 1.43 Å². The predicted octanol–water partition coefficient (Wildman–Crippen LogP) is -1.53.